The Morgan fingerprint density at radius 2 is 1.75 bits per heavy atom. The highest BCUT2D eigenvalue weighted by molar-refractivity contribution is 7.25. The number of thiophene rings is 1. The van der Waals surface area contributed by atoms with Gasteiger partial charge in [-0.05, 0) is 30.3 Å². The fraction of sp³-hybridized carbons (Fsp3) is 0. The Hall–Kier alpha value is -2.32. The van der Waals surface area contributed by atoms with Crippen LogP contribution in [-0.2, 0) is 0 Å². The van der Waals surface area contributed by atoms with Crippen molar-refractivity contribution in [2.75, 3.05) is 0 Å². The third kappa shape index (κ3) is 1.27. The van der Waals surface area contributed by atoms with E-state index >= 15 is 0 Å². The predicted octanol–water partition coefficient (Wildman–Crippen LogP) is 5.49. The van der Waals surface area contributed by atoms with Crippen molar-refractivity contribution < 1.29 is 0 Å². The van der Waals surface area contributed by atoms with Crippen molar-refractivity contribution in [1.82, 2.24) is 4.98 Å². The van der Waals surface area contributed by atoms with Crippen molar-refractivity contribution in [2.24, 2.45) is 0 Å². The second-order valence-corrected chi connectivity index (χ2v) is 6.16. The first-order valence-corrected chi connectivity index (χ1v) is 7.45. The zero-order valence-corrected chi connectivity index (χ0v) is 11.4. The lowest BCUT2D eigenvalue weighted by molar-refractivity contribution is 1.56. The largest absolute Gasteiger partial charge is 0.354 e. The molecule has 1 radical (unpaired) electrons. The van der Waals surface area contributed by atoms with Gasteiger partial charge in [0.2, 0.25) is 0 Å². The van der Waals surface area contributed by atoms with E-state index < -0.39 is 0 Å². The number of aromatic nitrogens is 1. The van der Waals surface area contributed by atoms with Crippen molar-refractivity contribution in [3.05, 3.63) is 60.7 Å². The average molecular weight is 272 g/mol. The molecule has 0 atom stereocenters. The fourth-order valence-corrected chi connectivity index (χ4v) is 4.10. The van der Waals surface area contributed by atoms with Crippen LogP contribution in [0.25, 0.3) is 42.0 Å². The van der Waals surface area contributed by atoms with Crippen LogP contribution < -0.4 is 0 Å². The van der Waals surface area contributed by atoms with Crippen LogP contribution in [-0.4, -0.2) is 4.98 Å². The van der Waals surface area contributed by atoms with Crippen LogP contribution in [0.2, 0.25) is 0 Å². The van der Waals surface area contributed by atoms with E-state index in [9.17, 15) is 0 Å². The number of para-hydroxylation sites is 1. The maximum Gasteiger partial charge on any atom is 0.0479 e. The molecule has 0 saturated carbocycles. The van der Waals surface area contributed by atoms with Crippen LogP contribution in [0.4, 0.5) is 0 Å². The van der Waals surface area contributed by atoms with Crippen LogP contribution in [0.1, 0.15) is 0 Å². The molecule has 0 aliphatic heterocycles. The first-order valence-electron chi connectivity index (χ1n) is 6.63. The standard InChI is InChI=1S/C18H10NS/c1-3-7-15-11(5-1)13-9-14-12-6-2-4-8-17(12)20-18(14)10-16(13)19-15/h1-5,7-10,19H. The Morgan fingerprint density at radius 1 is 0.800 bits per heavy atom. The predicted molar refractivity (Wildman–Crippen MR) is 87.5 cm³/mol. The third-order valence-electron chi connectivity index (χ3n) is 3.91. The maximum absolute atomic E-state index is 3.51. The molecule has 0 fully saturated rings. The molecule has 0 unspecified atom stereocenters. The van der Waals surface area contributed by atoms with Gasteiger partial charge in [0.15, 0.2) is 0 Å². The summed E-state index contributed by atoms with van der Waals surface area (Å²) in [6, 6.07) is 22.6. The van der Waals surface area contributed by atoms with E-state index in [0.29, 0.717) is 0 Å². The molecule has 5 aromatic rings. The lowest BCUT2D eigenvalue weighted by Gasteiger charge is -1.93. The first kappa shape index (κ1) is 10.5. The number of hydrogen-bond donors (Lipinski definition) is 1. The van der Waals surface area contributed by atoms with Crippen molar-refractivity contribution in [1.29, 1.82) is 0 Å². The van der Waals surface area contributed by atoms with Crippen molar-refractivity contribution in [2.45, 2.75) is 0 Å². The summed E-state index contributed by atoms with van der Waals surface area (Å²) in [5, 5.41) is 5.13. The molecule has 0 aliphatic carbocycles. The van der Waals surface area contributed by atoms with Gasteiger partial charge in [-0.3, -0.25) is 0 Å². The van der Waals surface area contributed by atoms with Crippen LogP contribution in [0, 0.1) is 6.07 Å². The highest BCUT2D eigenvalue weighted by Crippen LogP contribution is 2.37. The van der Waals surface area contributed by atoms with E-state index in [1.54, 1.807) is 0 Å². The lowest BCUT2D eigenvalue weighted by atomic mass is 10.1. The van der Waals surface area contributed by atoms with Gasteiger partial charge in [0.25, 0.3) is 0 Å². The smallest absolute Gasteiger partial charge is 0.0479 e. The molecule has 0 amide bonds. The van der Waals surface area contributed by atoms with E-state index in [-0.39, 0.29) is 0 Å². The van der Waals surface area contributed by atoms with Gasteiger partial charge in [0.1, 0.15) is 0 Å². The zero-order valence-electron chi connectivity index (χ0n) is 10.6. The highest BCUT2D eigenvalue weighted by atomic mass is 32.1. The molecule has 1 N–H and O–H groups in total. The molecule has 0 spiro atoms. The van der Waals surface area contributed by atoms with E-state index in [1.165, 1.54) is 42.0 Å². The molecular formula is C18H10NS. The summed E-state index contributed by atoms with van der Waals surface area (Å²) < 4.78 is 2.63. The van der Waals surface area contributed by atoms with Gasteiger partial charge < -0.3 is 4.98 Å². The Balaban J connectivity index is 2.06. The Kier molecular flexibility index (Phi) is 1.89. The fourth-order valence-electron chi connectivity index (χ4n) is 2.99. The minimum Gasteiger partial charge on any atom is -0.354 e. The summed E-state index contributed by atoms with van der Waals surface area (Å²) in [5.74, 6) is 0. The van der Waals surface area contributed by atoms with E-state index in [4.69, 9.17) is 0 Å². The quantitative estimate of drug-likeness (QED) is 0.383. The number of nitrogens with one attached hydrogen (secondary N) is 1. The van der Waals surface area contributed by atoms with Gasteiger partial charge in [-0.1, -0.05) is 30.3 Å². The van der Waals surface area contributed by atoms with Gasteiger partial charge in [-0.2, -0.15) is 0 Å². The van der Waals surface area contributed by atoms with Crippen LogP contribution >= 0.6 is 11.3 Å². The van der Waals surface area contributed by atoms with Crippen LogP contribution in [0.3, 0.4) is 0 Å². The Bertz CT molecular complexity index is 1010. The zero-order chi connectivity index (χ0) is 13.1. The topological polar surface area (TPSA) is 15.8 Å². The molecule has 0 aliphatic rings. The van der Waals surface area contributed by atoms with E-state index in [1.807, 2.05) is 17.4 Å². The summed E-state index contributed by atoms with van der Waals surface area (Å²) in [6.45, 7) is 0. The van der Waals surface area contributed by atoms with Crippen molar-refractivity contribution >= 4 is 53.3 Å². The van der Waals surface area contributed by atoms with Gasteiger partial charge >= 0.3 is 0 Å². The summed E-state index contributed by atoms with van der Waals surface area (Å²) in [6.07, 6.45) is 0. The van der Waals surface area contributed by atoms with Gasteiger partial charge in [0, 0.05) is 42.0 Å². The first-order chi connectivity index (χ1) is 9.90. The summed E-state index contributed by atoms with van der Waals surface area (Å²) >= 11 is 1.84. The molecule has 0 bridgehead atoms. The summed E-state index contributed by atoms with van der Waals surface area (Å²) in [4.78, 5) is 3.51. The molecule has 20 heavy (non-hydrogen) atoms. The minimum absolute atomic E-state index is 1.20. The van der Waals surface area contributed by atoms with Crippen molar-refractivity contribution in [3.63, 3.8) is 0 Å². The second kappa shape index (κ2) is 3.62. The molecular weight excluding hydrogens is 262 g/mol. The third-order valence-corrected chi connectivity index (χ3v) is 5.03. The van der Waals surface area contributed by atoms with E-state index in [0.717, 1.165) is 0 Å². The molecule has 2 heterocycles. The molecule has 93 valence electrons. The number of rotatable bonds is 0. The Morgan fingerprint density at radius 3 is 2.75 bits per heavy atom. The summed E-state index contributed by atoms with van der Waals surface area (Å²) in [7, 11) is 0. The monoisotopic (exact) mass is 272 g/mol. The van der Waals surface area contributed by atoms with E-state index in [2.05, 4.69) is 59.6 Å². The Labute approximate surface area is 119 Å². The molecule has 3 aromatic carbocycles. The lowest BCUT2D eigenvalue weighted by Crippen LogP contribution is -1.69. The molecule has 0 saturated heterocycles. The molecule has 5 rings (SSSR count). The molecule has 2 heteroatoms. The molecule has 2 aromatic heterocycles. The average Bonchev–Trinajstić information content (AvgIpc) is 3.02. The molecule has 1 nitrogen and oxygen atoms in total. The number of H-pyrrole nitrogens is 1. The maximum atomic E-state index is 3.51. The van der Waals surface area contributed by atoms with Crippen LogP contribution in [0.5, 0.6) is 0 Å². The van der Waals surface area contributed by atoms with Crippen LogP contribution in [0.15, 0.2) is 54.6 Å². The highest BCUT2D eigenvalue weighted by Gasteiger charge is 2.09. The normalized spacial score (nSPS) is 12.0. The number of aromatic amines is 1. The van der Waals surface area contributed by atoms with Gasteiger partial charge in [-0.15, -0.1) is 11.3 Å². The van der Waals surface area contributed by atoms with Gasteiger partial charge in [-0.25, -0.2) is 0 Å². The SMILES string of the molecule is [c]1cccc2sc3cc4[nH]c5ccccc5c4cc3c12. The number of benzene rings is 3. The van der Waals surface area contributed by atoms with Gasteiger partial charge in [0.05, 0.1) is 0 Å². The number of hydrogen-bond acceptors (Lipinski definition) is 1. The summed E-state index contributed by atoms with van der Waals surface area (Å²) in [5.41, 5.74) is 2.42. The number of fused-ring (bicyclic) bond motifs is 6. The minimum atomic E-state index is 1.20. The second-order valence-electron chi connectivity index (χ2n) is 5.08. The van der Waals surface area contributed by atoms with Crippen molar-refractivity contribution in [3.8, 4) is 0 Å².